The highest BCUT2D eigenvalue weighted by Crippen LogP contribution is 2.33. The van der Waals surface area contributed by atoms with Crippen LogP contribution in [0.25, 0.3) is 20.9 Å². The lowest BCUT2D eigenvalue weighted by Gasteiger charge is -2.35. The number of benzene rings is 4. The summed E-state index contributed by atoms with van der Waals surface area (Å²) in [6.07, 6.45) is -2.23. The summed E-state index contributed by atoms with van der Waals surface area (Å²) in [6.45, 7) is 29.8. The molecular weight excluding hydrogens is 1510 g/mol. The van der Waals surface area contributed by atoms with Crippen LogP contribution in [0.5, 0.6) is 11.5 Å². The first-order valence-corrected chi connectivity index (χ1v) is 38.0. The summed E-state index contributed by atoms with van der Waals surface area (Å²) < 4.78 is 33.8. The van der Waals surface area contributed by atoms with Crippen LogP contribution in [0.1, 0.15) is 118 Å². The Bertz CT molecular complexity index is 3750. The van der Waals surface area contributed by atoms with E-state index in [-0.39, 0.29) is 62.8 Å². The van der Waals surface area contributed by atoms with Gasteiger partial charge in [0.25, 0.3) is 0 Å². The normalized spacial score (nSPS) is 16.6. The smallest absolute Gasteiger partial charge is 0.412 e. The van der Waals surface area contributed by atoms with Gasteiger partial charge < -0.3 is 70.1 Å². The van der Waals surface area contributed by atoms with Gasteiger partial charge in [-0.15, -0.1) is 22.7 Å². The molecule has 6 atom stereocenters. The van der Waals surface area contributed by atoms with Crippen LogP contribution in [-0.2, 0) is 51.2 Å². The fourth-order valence-corrected chi connectivity index (χ4v) is 12.9. The third-order valence-electron chi connectivity index (χ3n) is 15.8. The Balaban J connectivity index is 0.000000270. The molecule has 2 aromatic heterocycles. The summed E-state index contributed by atoms with van der Waals surface area (Å²) in [5, 5.41) is 35.9. The number of amides is 6. The number of carbonyl (C=O) groups excluding carboxylic acids is 6. The highest BCUT2D eigenvalue weighted by atomic mass is 127. The van der Waals surface area contributed by atoms with Gasteiger partial charge in [-0.1, -0.05) is 136 Å². The zero-order valence-corrected chi connectivity index (χ0v) is 66.5. The maximum Gasteiger partial charge on any atom is 0.412 e. The van der Waals surface area contributed by atoms with Crippen LogP contribution < -0.4 is 41.8 Å². The monoisotopic (exact) mass is 1610 g/mol. The lowest BCUT2D eigenvalue weighted by Crippen LogP contribution is -2.57. The van der Waals surface area contributed by atoms with E-state index in [9.17, 15) is 39.0 Å². The lowest BCUT2D eigenvalue weighted by atomic mass is 9.85. The number of nitrogens with two attached hydrogens (primary N) is 1. The number of aromatic nitrogens is 2. The zero-order valence-electron chi connectivity index (χ0n) is 61.2. The van der Waals surface area contributed by atoms with Crippen LogP contribution in [0.2, 0.25) is 10.0 Å². The van der Waals surface area contributed by atoms with Crippen molar-refractivity contribution in [2.75, 3.05) is 74.3 Å². The summed E-state index contributed by atoms with van der Waals surface area (Å²) in [7, 11) is 0. The van der Waals surface area contributed by atoms with Gasteiger partial charge >= 0.3 is 12.2 Å². The third-order valence-corrected chi connectivity index (χ3v) is 18.9. The van der Waals surface area contributed by atoms with Crippen LogP contribution in [-0.4, -0.2) is 177 Å². The minimum absolute atomic E-state index is 0.0823. The van der Waals surface area contributed by atoms with Crippen molar-refractivity contribution >= 4 is 116 Å². The van der Waals surface area contributed by atoms with E-state index in [1.807, 2.05) is 115 Å². The van der Waals surface area contributed by atoms with Crippen LogP contribution >= 0.6 is 68.5 Å². The molecule has 2 fully saturated rings. The van der Waals surface area contributed by atoms with Crippen molar-refractivity contribution in [1.29, 1.82) is 0 Å². The first-order chi connectivity index (χ1) is 48.4. The molecule has 2 aliphatic heterocycles. The van der Waals surface area contributed by atoms with Crippen LogP contribution in [0.3, 0.4) is 0 Å². The number of hydrogen-bond donors (Lipinski definition) is 8. The Kier molecular flexibility index (Phi) is 32.7. The van der Waals surface area contributed by atoms with E-state index < -0.39 is 70.6 Å². The average molecular weight is 1620 g/mol. The second-order valence-electron chi connectivity index (χ2n) is 28.9. The summed E-state index contributed by atoms with van der Waals surface area (Å²) >= 11 is 17.8. The fourth-order valence-electron chi connectivity index (χ4n) is 10.6. The number of thiazole rings is 2. The van der Waals surface area contributed by atoms with E-state index in [2.05, 4.69) is 59.1 Å². The first kappa shape index (κ1) is 85.2. The van der Waals surface area contributed by atoms with Gasteiger partial charge in [0.2, 0.25) is 23.6 Å². The summed E-state index contributed by atoms with van der Waals surface area (Å²) in [4.78, 5) is 90.4. The molecule has 0 unspecified atom stereocenters. The van der Waals surface area contributed by atoms with Crippen molar-refractivity contribution < 1.29 is 67.4 Å². The summed E-state index contributed by atoms with van der Waals surface area (Å²) in [5.74, 6) is -0.248. The van der Waals surface area contributed by atoms with Crippen molar-refractivity contribution in [2.24, 2.45) is 16.6 Å². The average Bonchev–Trinajstić information content (AvgIpc) is 1.65. The van der Waals surface area contributed by atoms with Gasteiger partial charge in [-0.25, -0.2) is 19.6 Å². The molecule has 6 aromatic rings. The van der Waals surface area contributed by atoms with Crippen LogP contribution in [0.15, 0.2) is 96.0 Å². The molecule has 0 bridgehead atoms. The van der Waals surface area contributed by atoms with Crippen molar-refractivity contribution in [2.45, 2.75) is 170 Å². The van der Waals surface area contributed by atoms with Crippen LogP contribution in [0.4, 0.5) is 21.0 Å². The Labute approximate surface area is 636 Å². The number of alkyl halides is 1. The molecule has 0 spiro atoms. The van der Waals surface area contributed by atoms with E-state index in [4.69, 9.17) is 57.4 Å². The molecule has 0 aliphatic carbocycles. The number of hydrogen-bond acceptors (Lipinski definition) is 20. The number of ether oxygens (including phenoxy) is 6. The number of likely N-dealkylation sites (tertiary alicyclic amines) is 2. The quantitative estimate of drug-likeness (QED) is 0.0142. The number of carbonyl (C=O) groups is 6. The molecule has 29 heteroatoms. The van der Waals surface area contributed by atoms with Crippen molar-refractivity contribution in [3.63, 3.8) is 0 Å². The lowest BCUT2D eigenvalue weighted by molar-refractivity contribution is -0.142. The van der Waals surface area contributed by atoms with E-state index in [1.54, 1.807) is 101 Å². The van der Waals surface area contributed by atoms with Crippen LogP contribution in [0, 0.1) is 24.7 Å². The zero-order chi connectivity index (χ0) is 76.0. The van der Waals surface area contributed by atoms with E-state index in [0.29, 0.717) is 79.0 Å². The third kappa shape index (κ3) is 27.9. The highest BCUT2D eigenvalue weighted by molar-refractivity contribution is 14.1. The number of halogens is 3. The van der Waals surface area contributed by atoms with Crippen molar-refractivity contribution in [3.05, 3.63) is 129 Å². The van der Waals surface area contributed by atoms with E-state index in [1.165, 1.54) is 9.80 Å². The number of nitrogens with one attached hydrogen (secondary N) is 5. The molecule has 0 saturated carbocycles. The number of aliphatic hydroxyl groups is 2. The maximum atomic E-state index is 13.9. The molecule has 9 N–H and O–H groups in total. The number of rotatable bonds is 26. The molecule has 2 saturated heterocycles. The SMILES string of the molecule is CC(C)(C)OC(=O)Nc1ccc(Cl)c(OCCOCCI)c1.Cc1ncsc1-c1ccc(CNC(=O)[C@@H]2C[C@@H](O)CN2C(=O)[C@@H](N)C(C)(C)C)cc1.Cc1ncsc1-c1ccc(CNC(=O)[C@@H]2C[C@@H](O)CN2C(=O)[C@@H](NCCOCCOc2cc(NC(=O)OC(C)(C)C)ccc2Cl)C(C)(C)C)cc1. The highest BCUT2D eigenvalue weighted by Gasteiger charge is 2.45. The van der Waals surface area contributed by atoms with Gasteiger partial charge in [-0.3, -0.25) is 29.8 Å². The van der Waals surface area contributed by atoms with Crippen molar-refractivity contribution in [3.8, 4) is 32.4 Å². The first-order valence-electron chi connectivity index (χ1n) is 34.0. The van der Waals surface area contributed by atoms with Gasteiger partial charge in [0.05, 0.1) is 92.9 Å². The molecule has 24 nitrogen and oxygen atoms in total. The van der Waals surface area contributed by atoms with Gasteiger partial charge in [0.15, 0.2) is 0 Å². The molecule has 6 amide bonds. The van der Waals surface area contributed by atoms with Gasteiger partial charge in [-0.05, 0) is 113 Å². The number of aliphatic hydroxyl groups excluding tert-OH is 2. The molecule has 4 heterocycles. The Morgan fingerprint density at radius 1 is 0.583 bits per heavy atom. The predicted octanol–water partition coefficient (Wildman–Crippen LogP) is 12.4. The van der Waals surface area contributed by atoms with Gasteiger partial charge in [0.1, 0.15) is 48.0 Å². The molecule has 564 valence electrons. The largest absolute Gasteiger partial charge is 0.490 e. The number of aryl methyl sites for hydroxylation is 2. The molecule has 103 heavy (non-hydrogen) atoms. The van der Waals surface area contributed by atoms with E-state index in [0.717, 1.165) is 47.8 Å². The minimum atomic E-state index is -0.794. The minimum Gasteiger partial charge on any atom is -0.490 e. The van der Waals surface area contributed by atoms with E-state index >= 15 is 0 Å². The van der Waals surface area contributed by atoms with Gasteiger partial charge in [-0.2, -0.15) is 0 Å². The second-order valence-corrected chi connectivity index (χ2v) is 32.5. The Morgan fingerprint density at radius 2 is 0.990 bits per heavy atom. The predicted molar refractivity (Wildman–Crippen MR) is 413 cm³/mol. The van der Waals surface area contributed by atoms with Gasteiger partial charge in [0, 0.05) is 73.5 Å². The Morgan fingerprint density at radius 3 is 1.36 bits per heavy atom. The maximum absolute atomic E-state index is 13.9. The standard InChI is InChI=1S/C37H50ClN5O7S.C22H30N4O3S.C15H21ClINO4/c1-23-31(51-22-41-23)25-10-8-24(9-11-25)20-40-33(45)29-19-27(44)21-43(29)34(46)32(36(2,3)4)39-14-15-48-16-17-49-30-18-26(12-13-28(30)38)42-35(47)50-37(5,6)7;1-13-18(30-12-25-13)15-7-5-14(6-8-15)10-24-20(28)17-9-16(27)11-26(17)21(29)19(23)22(2,3)4;1-15(2,3)22-14(19)18-11-4-5-12(16)13(10-11)21-9-8-20-7-6-17/h8-13,18,22,27,29,32,39,44H,14-17,19-21H2,1-7H3,(H,40,45)(H,42,47);5-8,12,16-17,19,27H,9-11,23H2,1-4H3,(H,24,28);4-5,10H,6-9H2,1-3H3,(H,18,19)/t27-,29+,32-;16-,17+,19-;/m11./s1. The fraction of sp³-hybridized carbons (Fsp3) is 0.514. The number of β-amino-alcohol motifs (C(OH)–C–C–N with tert-alkyl or cyclic N) is 2. The second kappa shape index (κ2) is 39.5. The molecule has 2 aliphatic rings. The molecule has 8 rings (SSSR count). The van der Waals surface area contributed by atoms with Crippen molar-refractivity contribution in [1.82, 2.24) is 35.7 Å². The topological polar surface area (TPSA) is 317 Å². The molecule has 4 aromatic carbocycles. The Hall–Kier alpha value is -6.77. The summed E-state index contributed by atoms with van der Waals surface area (Å²) in [5.41, 5.74) is 14.7. The number of anilines is 2. The molecule has 0 radical (unpaired) electrons. The summed E-state index contributed by atoms with van der Waals surface area (Å²) in [6, 6.07) is 23.0. The molecular formula is C74H101Cl2IN10O14S2. The number of nitrogens with zero attached hydrogens (tertiary/aromatic N) is 4.